The topological polar surface area (TPSA) is 33.2 Å². The van der Waals surface area contributed by atoms with Crippen LogP contribution in [0, 0.1) is 0 Å². The van der Waals surface area contributed by atoms with Crippen molar-refractivity contribution in [3.05, 3.63) is 42.1 Å². The fraction of sp³-hybridized carbons (Fsp3) is 0.286. The summed E-state index contributed by atoms with van der Waals surface area (Å²) in [7, 11) is 0. The van der Waals surface area contributed by atoms with Crippen LogP contribution in [-0.2, 0) is 0 Å². The molecule has 1 amide bonds. The molecule has 3 heteroatoms. The predicted molar refractivity (Wildman–Crippen MR) is 69.0 cm³/mol. The van der Waals surface area contributed by atoms with Gasteiger partial charge in [0.15, 0.2) is 0 Å². The first kappa shape index (κ1) is 11.6. The Balaban J connectivity index is 2.52. The van der Waals surface area contributed by atoms with Crippen molar-refractivity contribution in [1.82, 2.24) is 9.88 Å². The van der Waals surface area contributed by atoms with Crippen molar-refractivity contribution < 1.29 is 4.79 Å². The highest BCUT2D eigenvalue weighted by Crippen LogP contribution is 2.17. The van der Waals surface area contributed by atoms with Gasteiger partial charge < -0.3 is 4.90 Å². The van der Waals surface area contributed by atoms with Crippen molar-refractivity contribution >= 4 is 16.8 Å². The predicted octanol–water partition coefficient (Wildman–Crippen LogP) is 2.72. The van der Waals surface area contributed by atoms with E-state index in [1.807, 2.05) is 43.0 Å². The van der Waals surface area contributed by atoms with E-state index in [0.29, 0.717) is 0 Å². The molecule has 2 rings (SSSR count). The number of aromatic nitrogens is 1. The average molecular weight is 228 g/mol. The Morgan fingerprint density at radius 3 is 2.59 bits per heavy atom. The molecule has 3 nitrogen and oxygen atoms in total. The molecule has 17 heavy (non-hydrogen) atoms. The van der Waals surface area contributed by atoms with Crippen molar-refractivity contribution in [2.24, 2.45) is 0 Å². The van der Waals surface area contributed by atoms with Crippen LogP contribution in [0.1, 0.15) is 24.2 Å². The molecule has 0 aliphatic heterocycles. The largest absolute Gasteiger partial charge is 0.339 e. The van der Waals surface area contributed by atoms with Gasteiger partial charge in [-0.15, -0.1) is 0 Å². The lowest BCUT2D eigenvalue weighted by Crippen LogP contribution is -2.30. The number of fused-ring (bicyclic) bond motifs is 1. The van der Waals surface area contributed by atoms with Gasteiger partial charge in [0.1, 0.15) is 0 Å². The molecule has 2 aromatic rings. The van der Waals surface area contributed by atoms with Crippen LogP contribution in [0.4, 0.5) is 0 Å². The molecular weight excluding hydrogens is 212 g/mol. The summed E-state index contributed by atoms with van der Waals surface area (Å²) in [6, 6.07) is 9.53. The molecule has 1 aromatic heterocycles. The lowest BCUT2D eigenvalue weighted by atomic mass is 10.1. The van der Waals surface area contributed by atoms with Crippen LogP contribution in [0.2, 0.25) is 0 Å². The minimum atomic E-state index is 0.0774. The van der Waals surface area contributed by atoms with Crippen LogP contribution < -0.4 is 0 Å². The van der Waals surface area contributed by atoms with Crippen molar-refractivity contribution in [3.63, 3.8) is 0 Å². The molecule has 0 saturated heterocycles. The zero-order chi connectivity index (χ0) is 12.3. The lowest BCUT2D eigenvalue weighted by Gasteiger charge is -2.19. The van der Waals surface area contributed by atoms with Gasteiger partial charge in [-0.1, -0.05) is 18.2 Å². The fourth-order valence-corrected chi connectivity index (χ4v) is 1.96. The van der Waals surface area contributed by atoms with Gasteiger partial charge in [0, 0.05) is 24.7 Å². The maximum absolute atomic E-state index is 12.3. The number of pyridine rings is 1. The second-order valence-electron chi connectivity index (χ2n) is 3.85. The summed E-state index contributed by atoms with van der Waals surface area (Å²) >= 11 is 0. The van der Waals surface area contributed by atoms with Crippen LogP contribution in [0.25, 0.3) is 10.9 Å². The fourth-order valence-electron chi connectivity index (χ4n) is 1.96. The normalized spacial score (nSPS) is 10.5. The summed E-state index contributed by atoms with van der Waals surface area (Å²) in [5, 5.41) is 0.923. The summed E-state index contributed by atoms with van der Waals surface area (Å²) in [6.45, 7) is 5.44. The van der Waals surface area contributed by atoms with E-state index in [2.05, 4.69) is 4.98 Å². The maximum Gasteiger partial charge on any atom is 0.254 e. The molecule has 0 atom stereocenters. The van der Waals surface area contributed by atoms with E-state index in [-0.39, 0.29) is 5.91 Å². The molecule has 0 bridgehead atoms. The number of nitrogens with zero attached hydrogens (tertiary/aromatic N) is 2. The van der Waals surface area contributed by atoms with Crippen LogP contribution in [0.5, 0.6) is 0 Å². The van der Waals surface area contributed by atoms with Gasteiger partial charge in [-0.05, 0) is 26.0 Å². The Morgan fingerprint density at radius 2 is 1.88 bits per heavy atom. The minimum Gasteiger partial charge on any atom is -0.339 e. The van der Waals surface area contributed by atoms with E-state index in [0.717, 1.165) is 29.6 Å². The molecule has 0 radical (unpaired) electrons. The third-order valence-electron chi connectivity index (χ3n) is 2.93. The van der Waals surface area contributed by atoms with Crippen LogP contribution in [-0.4, -0.2) is 28.9 Å². The van der Waals surface area contributed by atoms with Gasteiger partial charge >= 0.3 is 0 Å². The number of amides is 1. The van der Waals surface area contributed by atoms with E-state index in [4.69, 9.17) is 0 Å². The van der Waals surface area contributed by atoms with Gasteiger partial charge in [0.25, 0.3) is 5.91 Å². The molecular formula is C14H16N2O. The second kappa shape index (κ2) is 4.95. The summed E-state index contributed by atoms with van der Waals surface area (Å²) in [4.78, 5) is 18.4. The first-order chi connectivity index (χ1) is 8.27. The highest BCUT2D eigenvalue weighted by Gasteiger charge is 2.14. The lowest BCUT2D eigenvalue weighted by molar-refractivity contribution is 0.0775. The Labute approximate surface area is 101 Å². The van der Waals surface area contributed by atoms with Crippen molar-refractivity contribution in [2.45, 2.75) is 13.8 Å². The van der Waals surface area contributed by atoms with Gasteiger partial charge in [-0.25, -0.2) is 0 Å². The smallest absolute Gasteiger partial charge is 0.254 e. The molecule has 0 spiro atoms. The standard InChI is InChI=1S/C14H16N2O/c1-3-16(4-2)14(17)12-9-10-15-13-8-6-5-7-11(12)13/h5-10H,3-4H2,1-2H3. The van der Waals surface area contributed by atoms with Crippen molar-refractivity contribution in [2.75, 3.05) is 13.1 Å². The second-order valence-corrected chi connectivity index (χ2v) is 3.85. The number of carbonyl (C=O) groups is 1. The molecule has 0 saturated carbocycles. The Bertz CT molecular complexity index is 527. The summed E-state index contributed by atoms with van der Waals surface area (Å²) in [5.74, 6) is 0.0774. The van der Waals surface area contributed by atoms with Crippen LogP contribution >= 0.6 is 0 Å². The van der Waals surface area contributed by atoms with E-state index >= 15 is 0 Å². The van der Waals surface area contributed by atoms with E-state index < -0.39 is 0 Å². The number of rotatable bonds is 3. The number of hydrogen-bond acceptors (Lipinski definition) is 2. The molecule has 1 heterocycles. The number of benzene rings is 1. The number of hydrogen-bond donors (Lipinski definition) is 0. The van der Waals surface area contributed by atoms with Gasteiger partial charge in [0.2, 0.25) is 0 Å². The van der Waals surface area contributed by atoms with Gasteiger partial charge in [-0.3, -0.25) is 9.78 Å². The highest BCUT2D eigenvalue weighted by atomic mass is 16.2. The summed E-state index contributed by atoms with van der Waals surface area (Å²) in [5.41, 5.74) is 1.60. The molecule has 0 aliphatic rings. The van der Waals surface area contributed by atoms with Gasteiger partial charge in [0.05, 0.1) is 11.1 Å². The third-order valence-corrected chi connectivity index (χ3v) is 2.93. The van der Waals surface area contributed by atoms with E-state index in [9.17, 15) is 4.79 Å². The molecule has 1 aromatic carbocycles. The maximum atomic E-state index is 12.3. The first-order valence-electron chi connectivity index (χ1n) is 5.91. The van der Waals surface area contributed by atoms with Crippen molar-refractivity contribution in [3.8, 4) is 0 Å². The molecule has 0 aliphatic carbocycles. The third kappa shape index (κ3) is 2.13. The van der Waals surface area contributed by atoms with Gasteiger partial charge in [-0.2, -0.15) is 0 Å². The number of carbonyl (C=O) groups excluding carboxylic acids is 1. The van der Waals surface area contributed by atoms with Crippen molar-refractivity contribution in [1.29, 1.82) is 0 Å². The molecule has 0 unspecified atom stereocenters. The minimum absolute atomic E-state index is 0.0774. The average Bonchev–Trinajstić information content (AvgIpc) is 2.39. The number of para-hydroxylation sites is 1. The molecule has 88 valence electrons. The quantitative estimate of drug-likeness (QED) is 0.809. The summed E-state index contributed by atoms with van der Waals surface area (Å²) in [6.07, 6.45) is 1.69. The zero-order valence-corrected chi connectivity index (χ0v) is 10.2. The SMILES string of the molecule is CCN(CC)C(=O)c1ccnc2ccccc12. The first-order valence-corrected chi connectivity index (χ1v) is 5.91. The Kier molecular flexibility index (Phi) is 3.38. The Hall–Kier alpha value is -1.90. The van der Waals surface area contributed by atoms with E-state index in [1.54, 1.807) is 12.3 Å². The molecule has 0 fully saturated rings. The monoisotopic (exact) mass is 228 g/mol. The van der Waals surface area contributed by atoms with Crippen LogP contribution in [0.3, 0.4) is 0 Å². The molecule has 0 N–H and O–H groups in total. The van der Waals surface area contributed by atoms with Crippen LogP contribution in [0.15, 0.2) is 36.5 Å². The zero-order valence-electron chi connectivity index (χ0n) is 10.2. The summed E-state index contributed by atoms with van der Waals surface area (Å²) < 4.78 is 0. The van der Waals surface area contributed by atoms with E-state index in [1.165, 1.54) is 0 Å². The Morgan fingerprint density at radius 1 is 1.18 bits per heavy atom. The highest BCUT2D eigenvalue weighted by molar-refractivity contribution is 6.05.